The second-order valence-electron chi connectivity index (χ2n) is 10.1. The van der Waals surface area contributed by atoms with Crippen LogP contribution in [-0.2, 0) is 23.3 Å². The Balaban J connectivity index is 1.91. The van der Waals surface area contributed by atoms with Gasteiger partial charge in [0.15, 0.2) is 9.84 Å². The molecule has 174 valence electrons. The van der Waals surface area contributed by atoms with Crippen LogP contribution in [-0.4, -0.2) is 40.0 Å². The molecule has 3 aromatic rings. The average Bonchev–Trinajstić information content (AvgIpc) is 3.26. The third-order valence-corrected chi connectivity index (χ3v) is 9.66. The lowest BCUT2D eigenvalue weighted by Crippen LogP contribution is -2.32. The maximum absolute atomic E-state index is 13.4. The van der Waals surface area contributed by atoms with Crippen molar-refractivity contribution in [2.24, 2.45) is 7.05 Å². The second-order valence-corrected chi connectivity index (χ2v) is 12.7. The summed E-state index contributed by atoms with van der Waals surface area (Å²) in [6.45, 7) is 4.86. The number of nitrogens with zero attached hydrogens (tertiary/aromatic N) is 1. The summed E-state index contributed by atoms with van der Waals surface area (Å²) in [7, 11) is -1.92. The summed E-state index contributed by atoms with van der Waals surface area (Å²) in [4.78, 5) is 12.8. The highest BCUT2D eigenvalue weighted by atomic mass is 32.2. The Morgan fingerprint density at radius 1 is 1.15 bits per heavy atom. The number of aromatic hydroxyl groups is 1. The van der Waals surface area contributed by atoms with E-state index in [1.807, 2.05) is 11.6 Å². The van der Waals surface area contributed by atoms with Crippen molar-refractivity contribution in [2.45, 2.75) is 61.8 Å². The van der Waals surface area contributed by atoms with E-state index in [4.69, 9.17) is 0 Å². The SMILES string of the molecule is Cn1c2c(c3c(C(=O)O)c(-c4ccccc4S(=O)(=O)C(C)(C)C)cc(O)c31)C1CCC(C2)N1. The van der Waals surface area contributed by atoms with Crippen LogP contribution in [0, 0.1) is 0 Å². The Morgan fingerprint density at radius 3 is 2.52 bits per heavy atom. The van der Waals surface area contributed by atoms with Gasteiger partial charge in [0.1, 0.15) is 5.75 Å². The largest absolute Gasteiger partial charge is 0.506 e. The first kappa shape index (κ1) is 22.0. The topological polar surface area (TPSA) is 109 Å². The van der Waals surface area contributed by atoms with Gasteiger partial charge in [0.05, 0.1) is 20.7 Å². The molecule has 2 atom stereocenters. The molecule has 2 unspecified atom stereocenters. The third kappa shape index (κ3) is 3.04. The van der Waals surface area contributed by atoms with Gasteiger partial charge >= 0.3 is 5.97 Å². The fourth-order valence-electron chi connectivity index (χ4n) is 5.47. The molecule has 2 aliphatic heterocycles. The van der Waals surface area contributed by atoms with Gasteiger partial charge in [-0.3, -0.25) is 0 Å². The van der Waals surface area contributed by atoms with Crippen LogP contribution in [0.15, 0.2) is 35.2 Å². The van der Waals surface area contributed by atoms with Crippen molar-refractivity contribution < 1.29 is 23.4 Å². The number of carboxylic acid groups (broad SMARTS) is 1. The van der Waals surface area contributed by atoms with Crippen LogP contribution in [0.2, 0.25) is 0 Å². The molecule has 5 rings (SSSR count). The van der Waals surface area contributed by atoms with Gasteiger partial charge in [-0.25, -0.2) is 13.2 Å². The van der Waals surface area contributed by atoms with Crippen molar-refractivity contribution in [3.63, 3.8) is 0 Å². The maximum atomic E-state index is 13.4. The van der Waals surface area contributed by atoms with E-state index in [1.165, 1.54) is 12.1 Å². The molecular weight excluding hydrogens is 440 g/mol. The fraction of sp³-hybridized carbons (Fsp3) is 0.400. The highest BCUT2D eigenvalue weighted by Crippen LogP contribution is 2.48. The minimum atomic E-state index is -3.78. The number of aryl methyl sites for hydroxylation is 1. The van der Waals surface area contributed by atoms with Crippen LogP contribution in [0.25, 0.3) is 22.0 Å². The van der Waals surface area contributed by atoms with Gasteiger partial charge in [-0.15, -0.1) is 0 Å². The number of nitrogens with one attached hydrogen (secondary N) is 1. The number of fused-ring (bicyclic) bond motifs is 6. The number of hydrogen-bond acceptors (Lipinski definition) is 5. The first-order valence-corrected chi connectivity index (χ1v) is 12.6. The molecule has 0 radical (unpaired) electrons. The molecule has 1 fully saturated rings. The maximum Gasteiger partial charge on any atom is 0.337 e. The number of hydrogen-bond donors (Lipinski definition) is 3. The number of sulfone groups is 1. The van der Waals surface area contributed by atoms with Crippen molar-refractivity contribution in [1.29, 1.82) is 0 Å². The number of carbonyl (C=O) groups is 1. The molecule has 2 aliphatic rings. The molecule has 0 amide bonds. The lowest BCUT2D eigenvalue weighted by Gasteiger charge is -2.24. The molecule has 2 aromatic carbocycles. The molecule has 3 N–H and O–H groups in total. The molecular formula is C25H28N2O5S. The summed E-state index contributed by atoms with van der Waals surface area (Å²) in [5.41, 5.74) is 2.95. The number of carboxylic acids is 1. The number of rotatable bonds is 3. The van der Waals surface area contributed by atoms with E-state index >= 15 is 0 Å². The summed E-state index contributed by atoms with van der Waals surface area (Å²) in [6, 6.07) is 8.21. The quantitative estimate of drug-likeness (QED) is 0.532. The zero-order valence-electron chi connectivity index (χ0n) is 19.1. The second kappa shape index (κ2) is 7.08. The lowest BCUT2D eigenvalue weighted by atomic mass is 9.91. The normalized spacial score (nSPS) is 20.2. The number of phenols is 1. The van der Waals surface area contributed by atoms with Crippen LogP contribution in [0.3, 0.4) is 0 Å². The van der Waals surface area contributed by atoms with Crippen molar-refractivity contribution in [2.75, 3.05) is 0 Å². The van der Waals surface area contributed by atoms with Gasteiger partial charge in [0, 0.05) is 47.8 Å². The number of benzene rings is 2. The standard InChI is InChI=1S/C25H28N2O5S/c1-25(2,3)33(31,32)19-8-6-5-7-14(19)15-12-18(28)23-22(20(15)24(29)30)21-16-10-9-13(26-16)11-17(21)27(23)4/h5-8,12-13,16,26,28H,9-11H2,1-4H3,(H,29,30). The molecule has 3 heterocycles. The predicted molar refractivity (Wildman–Crippen MR) is 127 cm³/mol. The number of aromatic carboxylic acids is 1. The van der Waals surface area contributed by atoms with Gasteiger partial charge in [0.2, 0.25) is 0 Å². The molecule has 7 nitrogen and oxygen atoms in total. The minimum Gasteiger partial charge on any atom is -0.506 e. The Morgan fingerprint density at radius 2 is 1.85 bits per heavy atom. The van der Waals surface area contributed by atoms with Gasteiger partial charge in [-0.2, -0.15) is 0 Å². The molecule has 0 aliphatic carbocycles. The third-order valence-electron chi connectivity index (χ3n) is 7.12. The molecule has 2 bridgehead atoms. The van der Waals surface area contributed by atoms with Gasteiger partial charge < -0.3 is 20.1 Å². The van der Waals surface area contributed by atoms with E-state index in [0.717, 1.165) is 30.5 Å². The van der Waals surface area contributed by atoms with Crippen LogP contribution in [0.5, 0.6) is 5.75 Å². The summed E-state index contributed by atoms with van der Waals surface area (Å²) in [6.07, 6.45) is 2.68. The summed E-state index contributed by atoms with van der Waals surface area (Å²) < 4.78 is 27.6. The smallest absolute Gasteiger partial charge is 0.337 e. The average molecular weight is 469 g/mol. The van der Waals surface area contributed by atoms with Crippen molar-refractivity contribution in [3.05, 3.63) is 47.2 Å². The first-order chi connectivity index (χ1) is 15.4. The van der Waals surface area contributed by atoms with Gasteiger partial charge in [-0.1, -0.05) is 18.2 Å². The predicted octanol–water partition coefficient (Wildman–Crippen LogP) is 4.17. The Labute approximate surface area is 193 Å². The number of aromatic nitrogens is 1. The van der Waals surface area contributed by atoms with E-state index in [-0.39, 0.29) is 33.4 Å². The molecule has 0 saturated carbocycles. The molecule has 33 heavy (non-hydrogen) atoms. The molecule has 8 heteroatoms. The Kier molecular flexibility index (Phi) is 4.71. The Bertz CT molecular complexity index is 1430. The van der Waals surface area contributed by atoms with Crippen molar-refractivity contribution in [1.82, 2.24) is 9.88 Å². The zero-order valence-corrected chi connectivity index (χ0v) is 20.0. The van der Waals surface area contributed by atoms with Crippen LogP contribution >= 0.6 is 0 Å². The number of phenolic OH excluding ortho intramolecular Hbond substituents is 1. The summed E-state index contributed by atoms with van der Waals surface area (Å²) in [5, 5.41) is 25.5. The fourth-order valence-corrected chi connectivity index (χ4v) is 6.86. The summed E-state index contributed by atoms with van der Waals surface area (Å²) in [5.74, 6) is -1.20. The van der Waals surface area contributed by atoms with E-state index in [1.54, 1.807) is 39.0 Å². The van der Waals surface area contributed by atoms with Crippen LogP contribution in [0.1, 0.15) is 61.3 Å². The molecule has 1 saturated heterocycles. The van der Waals surface area contributed by atoms with Crippen LogP contribution in [0.4, 0.5) is 0 Å². The van der Waals surface area contributed by atoms with E-state index < -0.39 is 20.6 Å². The van der Waals surface area contributed by atoms with E-state index in [0.29, 0.717) is 16.9 Å². The lowest BCUT2D eigenvalue weighted by molar-refractivity contribution is 0.0699. The monoisotopic (exact) mass is 468 g/mol. The summed E-state index contributed by atoms with van der Waals surface area (Å²) >= 11 is 0. The highest BCUT2D eigenvalue weighted by Gasteiger charge is 2.39. The molecule has 0 spiro atoms. The van der Waals surface area contributed by atoms with E-state index in [9.17, 15) is 23.4 Å². The van der Waals surface area contributed by atoms with Gasteiger partial charge in [-0.05, 0) is 51.3 Å². The zero-order chi connectivity index (χ0) is 23.9. The first-order valence-electron chi connectivity index (χ1n) is 11.1. The Hall–Kier alpha value is -2.84. The highest BCUT2D eigenvalue weighted by molar-refractivity contribution is 7.92. The van der Waals surface area contributed by atoms with Crippen LogP contribution < -0.4 is 5.32 Å². The van der Waals surface area contributed by atoms with E-state index in [2.05, 4.69) is 5.32 Å². The van der Waals surface area contributed by atoms with Gasteiger partial charge in [0.25, 0.3) is 0 Å². The minimum absolute atomic E-state index is 0.0174. The van der Waals surface area contributed by atoms with Crippen molar-refractivity contribution >= 4 is 26.7 Å². The van der Waals surface area contributed by atoms with Crippen molar-refractivity contribution in [3.8, 4) is 16.9 Å². The molecule has 1 aromatic heterocycles.